The van der Waals surface area contributed by atoms with Crippen LogP contribution in [0.3, 0.4) is 0 Å². The maximum absolute atomic E-state index is 12.2. The third-order valence-electron chi connectivity index (χ3n) is 2.91. The lowest BCUT2D eigenvalue weighted by Gasteiger charge is -2.23. The Morgan fingerprint density at radius 1 is 1.35 bits per heavy atom. The Morgan fingerprint density at radius 2 is 1.88 bits per heavy atom. The van der Waals surface area contributed by atoms with Crippen molar-refractivity contribution in [3.05, 3.63) is 24.3 Å². The molecule has 1 aromatic carbocycles. The highest BCUT2D eigenvalue weighted by molar-refractivity contribution is 7.89. The van der Waals surface area contributed by atoms with Gasteiger partial charge < -0.3 is 5.43 Å². The lowest BCUT2D eigenvalue weighted by Crippen LogP contribution is -2.34. The van der Waals surface area contributed by atoms with E-state index in [1.807, 2.05) is 13.8 Å². The molecule has 0 saturated heterocycles. The van der Waals surface area contributed by atoms with E-state index in [1.54, 1.807) is 31.3 Å². The Kier molecular flexibility index (Phi) is 4.50. The SMILES string of the molecule is CCC(C)N(C)S(=O)(=O)c1ccc(NN)cc1. The molecule has 0 aliphatic rings. The van der Waals surface area contributed by atoms with Gasteiger partial charge in [-0.1, -0.05) is 6.92 Å². The molecule has 0 amide bonds. The molecule has 0 aliphatic heterocycles. The summed E-state index contributed by atoms with van der Waals surface area (Å²) in [4.78, 5) is 0.277. The van der Waals surface area contributed by atoms with Crippen LogP contribution in [-0.2, 0) is 10.0 Å². The number of hydrogen-bond acceptors (Lipinski definition) is 4. The Bertz CT molecular complexity index is 456. The quantitative estimate of drug-likeness (QED) is 0.617. The fourth-order valence-electron chi connectivity index (χ4n) is 1.38. The second-order valence-corrected chi connectivity index (χ2v) is 5.94. The third-order valence-corrected chi connectivity index (χ3v) is 4.90. The van der Waals surface area contributed by atoms with Crippen LogP contribution in [0.4, 0.5) is 5.69 Å². The molecule has 1 atom stereocenters. The number of nitrogens with one attached hydrogen (secondary N) is 1. The van der Waals surface area contributed by atoms with Gasteiger partial charge in [-0.15, -0.1) is 0 Å². The van der Waals surface area contributed by atoms with Crippen molar-refractivity contribution < 1.29 is 8.42 Å². The molecule has 1 rings (SSSR count). The Morgan fingerprint density at radius 3 is 2.29 bits per heavy atom. The molecule has 0 saturated carbocycles. The molecule has 1 aromatic rings. The highest BCUT2D eigenvalue weighted by Gasteiger charge is 2.24. The summed E-state index contributed by atoms with van der Waals surface area (Å²) in [7, 11) is -1.81. The van der Waals surface area contributed by atoms with Gasteiger partial charge in [0.1, 0.15) is 0 Å². The summed E-state index contributed by atoms with van der Waals surface area (Å²) in [5.74, 6) is 5.23. The van der Waals surface area contributed by atoms with E-state index in [-0.39, 0.29) is 10.9 Å². The normalized spacial score (nSPS) is 13.7. The second kappa shape index (κ2) is 5.48. The van der Waals surface area contributed by atoms with E-state index in [0.29, 0.717) is 5.69 Å². The van der Waals surface area contributed by atoms with Gasteiger partial charge in [0.05, 0.1) is 4.90 Å². The van der Waals surface area contributed by atoms with E-state index in [2.05, 4.69) is 5.43 Å². The zero-order chi connectivity index (χ0) is 13.1. The van der Waals surface area contributed by atoms with Crippen molar-refractivity contribution in [2.75, 3.05) is 12.5 Å². The summed E-state index contributed by atoms with van der Waals surface area (Å²) in [6.45, 7) is 3.84. The van der Waals surface area contributed by atoms with Crippen LogP contribution in [0, 0.1) is 0 Å². The lowest BCUT2D eigenvalue weighted by molar-refractivity contribution is 0.380. The standard InChI is InChI=1S/C11H19N3O2S/c1-4-9(2)14(3)17(15,16)11-7-5-10(13-12)6-8-11/h5-9,13H,4,12H2,1-3H3. The first kappa shape index (κ1) is 14.0. The molecule has 3 N–H and O–H groups in total. The van der Waals surface area contributed by atoms with Gasteiger partial charge in [0.25, 0.3) is 0 Å². The van der Waals surface area contributed by atoms with Gasteiger partial charge in [-0.2, -0.15) is 4.31 Å². The second-order valence-electron chi connectivity index (χ2n) is 3.95. The Balaban J connectivity index is 3.04. The van der Waals surface area contributed by atoms with E-state index in [4.69, 9.17) is 5.84 Å². The number of rotatable bonds is 5. The highest BCUT2D eigenvalue weighted by Crippen LogP contribution is 2.19. The molecular weight excluding hydrogens is 238 g/mol. The van der Waals surface area contributed by atoms with Gasteiger partial charge in [-0.05, 0) is 37.6 Å². The topological polar surface area (TPSA) is 75.4 Å². The molecule has 1 unspecified atom stereocenters. The molecule has 96 valence electrons. The molecule has 0 aliphatic carbocycles. The van der Waals surface area contributed by atoms with Crippen LogP contribution in [0.15, 0.2) is 29.2 Å². The summed E-state index contributed by atoms with van der Waals surface area (Å²) in [5.41, 5.74) is 3.14. The molecule has 5 nitrogen and oxygen atoms in total. The van der Waals surface area contributed by atoms with E-state index in [1.165, 1.54) is 4.31 Å². The number of nitrogens with zero attached hydrogens (tertiary/aromatic N) is 1. The molecule has 0 fully saturated rings. The van der Waals surface area contributed by atoms with Gasteiger partial charge in [-0.25, -0.2) is 8.42 Å². The van der Waals surface area contributed by atoms with Gasteiger partial charge in [-0.3, -0.25) is 5.84 Å². The van der Waals surface area contributed by atoms with Crippen LogP contribution in [-0.4, -0.2) is 25.8 Å². The fourth-order valence-corrected chi connectivity index (χ4v) is 2.82. The van der Waals surface area contributed by atoms with Crippen LogP contribution in [0.1, 0.15) is 20.3 Å². The summed E-state index contributed by atoms with van der Waals surface area (Å²) in [6.07, 6.45) is 0.776. The van der Waals surface area contributed by atoms with Crippen molar-refractivity contribution in [1.82, 2.24) is 4.31 Å². The number of sulfonamides is 1. The largest absolute Gasteiger partial charge is 0.324 e. The number of hydrazine groups is 1. The van der Waals surface area contributed by atoms with Crippen molar-refractivity contribution in [3.63, 3.8) is 0 Å². The average Bonchev–Trinajstić information content (AvgIpc) is 2.36. The van der Waals surface area contributed by atoms with Gasteiger partial charge >= 0.3 is 0 Å². The van der Waals surface area contributed by atoms with Crippen molar-refractivity contribution >= 4 is 15.7 Å². The third kappa shape index (κ3) is 2.96. The lowest BCUT2D eigenvalue weighted by atomic mass is 10.3. The molecule has 0 radical (unpaired) electrons. The summed E-state index contributed by atoms with van der Waals surface area (Å²) in [6, 6.07) is 6.34. The molecule has 6 heteroatoms. The van der Waals surface area contributed by atoms with Gasteiger partial charge in [0.15, 0.2) is 0 Å². The monoisotopic (exact) mass is 257 g/mol. The Hall–Kier alpha value is -1.11. The first-order chi connectivity index (χ1) is 7.93. The minimum Gasteiger partial charge on any atom is -0.324 e. The summed E-state index contributed by atoms with van der Waals surface area (Å²) < 4.78 is 25.8. The molecule has 0 heterocycles. The Labute approximate surface area is 103 Å². The first-order valence-corrected chi connectivity index (χ1v) is 6.92. The highest BCUT2D eigenvalue weighted by atomic mass is 32.2. The number of hydrogen-bond donors (Lipinski definition) is 2. The number of nitrogen functional groups attached to an aromatic ring is 1. The zero-order valence-electron chi connectivity index (χ0n) is 10.3. The molecule has 17 heavy (non-hydrogen) atoms. The van der Waals surface area contributed by atoms with Gasteiger partial charge in [0.2, 0.25) is 10.0 Å². The van der Waals surface area contributed by atoms with E-state index in [0.717, 1.165) is 6.42 Å². The van der Waals surface area contributed by atoms with E-state index < -0.39 is 10.0 Å². The molecule has 0 bridgehead atoms. The maximum atomic E-state index is 12.2. The average molecular weight is 257 g/mol. The predicted octanol–water partition coefficient (Wildman–Crippen LogP) is 1.39. The maximum Gasteiger partial charge on any atom is 0.243 e. The van der Waals surface area contributed by atoms with Crippen molar-refractivity contribution in [3.8, 4) is 0 Å². The van der Waals surface area contributed by atoms with Crippen LogP contribution >= 0.6 is 0 Å². The van der Waals surface area contributed by atoms with Crippen LogP contribution < -0.4 is 11.3 Å². The number of benzene rings is 1. The predicted molar refractivity (Wildman–Crippen MR) is 69.0 cm³/mol. The fraction of sp³-hybridized carbons (Fsp3) is 0.455. The van der Waals surface area contributed by atoms with Crippen molar-refractivity contribution in [1.29, 1.82) is 0 Å². The van der Waals surface area contributed by atoms with Crippen molar-refractivity contribution in [2.24, 2.45) is 5.84 Å². The smallest absolute Gasteiger partial charge is 0.243 e. The molecular formula is C11H19N3O2S. The molecule has 0 spiro atoms. The van der Waals surface area contributed by atoms with Crippen LogP contribution in [0.2, 0.25) is 0 Å². The minimum absolute atomic E-state index is 0.0210. The van der Waals surface area contributed by atoms with Crippen LogP contribution in [0.25, 0.3) is 0 Å². The number of nitrogens with two attached hydrogens (primary N) is 1. The van der Waals surface area contributed by atoms with Gasteiger partial charge in [0, 0.05) is 18.8 Å². The van der Waals surface area contributed by atoms with Crippen molar-refractivity contribution in [2.45, 2.75) is 31.2 Å². The van der Waals surface area contributed by atoms with E-state index >= 15 is 0 Å². The molecule has 0 aromatic heterocycles. The minimum atomic E-state index is -3.41. The summed E-state index contributed by atoms with van der Waals surface area (Å²) >= 11 is 0. The zero-order valence-corrected chi connectivity index (χ0v) is 11.2. The van der Waals surface area contributed by atoms with E-state index in [9.17, 15) is 8.42 Å². The number of anilines is 1. The van der Waals surface area contributed by atoms with Crippen LogP contribution in [0.5, 0.6) is 0 Å². The first-order valence-electron chi connectivity index (χ1n) is 5.48. The summed E-state index contributed by atoms with van der Waals surface area (Å²) in [5, 5.41) is 0.